The van der Waals surface area contributed by atoms with Gasteiger partial charge in [-0.2, -0.15) is 4.39 Å². The van der Waals surface area contributed by atoms with Crippen molar-refractivity contribution in [3.8, 4) is 0 Å². The number of nitrogens with one attached hydrogen (secondary N) is 2. The number of oxime groups is 1. The molecule has 0 radical (unpaired) electrons. The van der Waals surface area contributed by atoms with Gasteiger partial charge in [-0.05, 0) is 12.1 Å². The highest BCUT2D eigenvalue weighted by Gasteiger charge is 2.22. The fourth-order valence-electron chi connectivity index (χ4n) is 2.61. The van der Waals surface area contributed by atoms with Gasteiger partial charge in [0, 0.05) is 26.1 Å². The molecule has 33 heavy (non-hydrogen) atoms. The predicted octanol–water partition coefficient (Wildman–Crippen LogP) is 0.797. The molecule has 1 aliphatic heterocycles. The number of halogens is 1. The van der Waals surface area contributed by atoms with Crippen molar-refractivity contribution in [2.75, 3.05) is 39.2 Å². The average molecular weight is 500 g/mol. The van der Waals surface area contributed by atoms with Crippen molar-refractivity contribution >= 4 is 44.0 Å². The summed E-state index contributed by atoms with van der Waals surface area (Å²) in [5.74, 6) is -1.12. The standard InChI is InChI=1S/C19H22FN5O6S2/c1-25(2)16(26)10-22-33(28,29)14-5-3-12(4-6-14)17(24-31-13-7-8-30-11-13)18(27)23-19-21-9-15(20)32-19/h3-6,9,13,22H,7-8,10-11H2,1-2H3,(H,21,23,27)/b24-17+/t13-/m1/s1. The van der Waals surface area contributed by atoms with E-state index in [0.29, 0.717) is 31.0 Å². The van der Waals surface area contributed by atoms with E-state index in [1.807, 2.05) is 0 Å². The summed E-state index contributed by atoms with van der Waals surface area (Å²) in [5.41, 5.74) is 0.101. The Balaban J connectivity index is 1.80. The first kappa shape index (κ1) is 24.7. The van der Waals surface area contributed by atoms with Crippen molar-refractivity contribution < 1.29 is 32.0 Å². The monoisotopic (exact) mass is 499 g/mol. The summed E-state index contributed by atoms with van der Waals surface area (Å²) in [4.78, 5) is 34.7. The number of likely N-dealkylation sites (N-methyl/N-ethyl adjacent to an activating group) is 1. The molecule has 0 spiro atoms. The second-order valence-electron chi connectivity index (χ2n) is 7.09. The molecule has 1 aliphatic rings. The lowest BCUT2D eigenvalue weighted by Gasteiger charge is -2.12. The van der Waals surface area contributed by atoms with Gasteiger partial charge in [0.25, 0.3) is 5.91 Å². The second-order valence-corrected chi connectivity index (χ2v) is 9.84. The summed E-state index contributed by atoms with van der Waals surface area (Å²) in [6, 6.07) is 5.28. The average Bonchev–Trinajstić information content (AvgIpc) is 3.44. The fraction of sp³-hybridized carbons (Fsp3) is 0.368. The zero-order valence-corrected chi connectivity index (χ0v) is 19.4. The minimum Gasteiger partial charge on any atom is -0.389 e. The maximum atomic E-state index is 13.2. The number of thiazole rings is 1. The van der Waals surface area contributed by atoms with Crippen LogP contribution in [0, 0.1) is 5.13 Å². The molecule has 1 aromatic carbocycles. The fourth-order valence-corrected chi connectivity index (χ4v) is 4.12. The highest BCUT2D eigenvalue weighted by molar-refractivity contribution is 7.89. The molecule has 1 aromatic heterocycles. The van der Waals surface area contributed by atoms with Gasteiger partial charge in [-0.1, -0.05) is 28.6 Å². The normalized spacial score (nSPS) is 16.5. The van der Waals surface area contributed by atoms with Gasteiger partial charge in [-0.15, -0.1) is 0 Å². The zero-order chi connectivity index (χ0) is 24.0. The maximum Gasteiger partial charge on any atom is 0.280 e. The van der Waals surface area contributed by atoms with Crippen LogP contribution in [0.15, 0.2) is 40.5 Å². The minimum absolute atomic E-state index is 0.0309. The number of nitrogens with zero attached hydrogens (tertiary/aromatic N) is 3. The maximum absolute atomic E-state index is 13.2. The van der Waals surface area contributed by atoms with E-state index in [4.69, 9.17) is 9.57 Å². The van der Waals surface area contributed by atoms with Gasteiger partial charge in [0.2, 0.25) is 15.9 Å². The molecular formula is C19H22FN5O6S2. The first-order valence-corrected chi connectivity index (χ1v) is 12.0. The number of benzene rings is 1. The van der Waals surface area contributed by atoms with Crippen LogP contribution in [0.3, 0.4) is 0 Å². The van der Waals surface area contributed by atoms with Crippen molar-refractivity contribution in [3.05, 3.63) is 41.2 Å². The Morgan fingerprint density at radius 3 is 2.64 bits per heavy atom. The van der Waals surface area contributed by atoms with Crippen LogP contribution in [-0.4, -0.2) is 75.8 Å². The SMILES string of the molecule is CN(C)C(=O)CNS(=O)(=O)c1ccc(/C(=N\O[C@@H]2CCOC2)C(=O)Nc2ncc(F)s2)cc1. The third-order valence-electron chi connectivity index (χ3n) is 4.44. The van der Waals surface area contributed by atoms with Gasteiger partial charge < -0.3 is 14.5 Å². The number of rotatable bonds is 9. The van der Waals surface area contributed by atoms with Crippen LogP contribution in [0.4, 0.5) is 9.52 Å². The van der Waals surface area contributed by atoms with E-state index in [0.717, 1.165) is 6.20 Å². The summed E-state index contributed by atoms with van der Waals surface area (Å²) in [6.45, 7) is 0.439. The number of anilines is 1. The van der Waals surface area contributed by atoms with Crippen molar-refractivity contribution in [2.45, 2.75) is 17.4 Å². The molecule has 11 nitrogen and oxygen atoms in total. The molecule has 2 heterocycles. The van der Waals surface area contributed by atoms with Gasteiger partial charge in [-0.3, -0.25) is 14.9 Å². The molecule has 2 amide bonds. The summed E-state index contributed by atoms with van der Waals surface area (Å²) >= 11 is 0.644. The molecule has 14 heteroatoms. The van der Waals surface area contributed by atoms with Crippen LogP contribution in [-0.2, 0) is 29.2 Å². The summed E-state index contributed by atoms with van der Waals surface area (Å²) in [6.07, 6.45) is 1.24. The molecule has 1 atom stereocenters. The van der Waals surface area contributed by atoms with Crippen molar-refractivity contribution in [2.24, 2.45) is 5.16 Å². The van der Waals surface area contributed by atoms with E-state index < -0.39 is 33.5 Å². The Bertz CT molecular complexity index is 1130. The second kappa shape index (κ2) is 10.8. The van der Waals surface area contributed by atoms with Crippen LogP contribution < -0.4 is 10.0 Å². The Morgan fingerprint density at radius 1 is 1.33 bits per heavy atom. The first-order valence-electron chi connectivity index (χ1n) is 9.70. The first-order chi connectivity index (χ1) is 15.7. The molecule has 3 rings (SSSR count). The van der Waals surface area contributed by atoms with E-state index in [1.54, 1.807) is 0 Å². The van der Waals surface area contributed by atoms with Crippen LogP contribution in [0.1, 0.15) is 12.0 Å². The van der Waals surface area contributed by atoms with Gasteiger partial charge >= 0.3 is 0 Å². The zero-order valence-electron chi connectivity index (χ0n) is 17.8. The van der Waals surface area contributed by atoms with E-state index >= 15 is 0 Å². The highest BCUT2D eigenvalue weighted by Crippen LogP contribution is 2.18. The molecule has 2 N–H and O–H groups in total. The number of hydrogen-bond acceptors (Lipinski definition) is 9. The molecular weight excluding hydrogens is 477 g/mol. The van der Waals surface area contributed by atoms with Crippen LogP contribution in [0.25, 0.3) is 0 Å². The number of aromatic nitrogens is 1. The lowest BCUT2D eigenvalue weighted by molar-refractivity contribution is -0.127. The Morgan fingerprint density at radius 2 is 2.06 bits per heavy atom. The number of amides is 2. The number of carbonyl (C=O) groups excluding carboxylic acids is 2. The van der Waals surface area contributed by atoms with E-state index in [1.165, 1.54) is 43.3 Å². The van der Waals surface area contributed by atoms with E-state index in [2.05, 4.69) is 20.2 Å². The Kier molecular flexibility index (Phi) is 8.07. The smallest absolute Gasteiger partial charge is 0.280 e. The van der Waals surface area contributed by atoms with Crippen molar-refractivity contribution in [1.29, 1.82) is 0 Å². The number of ether oxygens (including phenoxy) is 1. The van der Waals surface area contributed by atoms with E-state index in [-0.39, 0.29) is 27.4 Å². The third-order valence-corrected chi connectivity index (χ3v) is 6.56. The largest absolute Gasteiger partial charge is 0.389 e. The predicted molar refractivity (Wildman–Crippen MR) is 118 cm³/mol. The topological polar surface area (TPSA) is 139 Å². The van der Waals surface area contributed by atoms with Crippen molar-refractivity contribution in [1.82, 2.24) is 14.6 Å². The molecule has 178 valence electrons. The minimum atomic E-state index is -3.96. The summed E-state index contributed by atoms with van der Waals surface area (Å²) < 4.78 is 45.5. The molecule has 2 aromatic rings. The number of hydrogen-bond donors (Lipinski definition) is 2. The van der Waals surface area contributed by atoms with Crippen molar-refractivity contribution in [3.63, 3.8) is 0 Å². The number of carbonyl (C=O) groups is 2. The van der Waals surface area contributed by atoms with Gasteiger partial charge in [0.1, 0.15) is 0 Å². The van der Waals surface area contributed by atoms with Gasteiger partial charge in [0.15, 0.2) is 22.1 Å². The van der Waals surface area contributed by atoms with E-state index in [9.17, 15) is 22.4 Å². The third kappa shape index (κ3) is 6.77. The lowest BCUT2D eigenvalue weighted by atomic mass is 10.1. The highest BCUT2D eigenvalue weighted by atomic mass is 32.2. The van der Waals surface area contributed by atoms with Crippen LogP contribution >= 0.6 is 11.3 Å². The van der Waals surface area contributed by atoms with Gasteiger partial charge in [-0.25, -0.2) is 18.1 Å². The quantitative estimate of drug-likeness (QED) is 0.384. The Hall–Kier alpha value is -2.94. The van der Waals surface area contributed by atoms with Gasteiger partial charge in [0.05, 0.1) is 30.9 Å². The van der Waals surface area contributed by atoms with Crippen LogP contribution in [0.2, 0.25) is 0 Å². The Labute approximate surface area is 193 Å². The summed E-state index contributed by atoms with van der Waals surface area (Å²) in [7, 11) is -0.936. The molecule has 1 fully saturated rings. The number of sulfonamides is 1. The lowest BCUT2D eigenvalue weighted by Crippen LogP contribution is -2.36. The summed E-state index contributed by atoms with van der Waals surface area (Å²) in [5, 5.41) is 5.84. The molecule has 0 bridgehead atoms. The van der Waals surface area contributed by atoms with Crippen LogP contribution in [0.5, 0.6) is 0 Å². The molecule has 0 unspecified atom stereocenters. The molecule has 0 saturated carbocycles. The molecule has 0 aliphatic carbocycles. The molecule has 1 saturated heterocycles.